The Hall–Kier alpha value is 0.660. The minimum absolute atomic E-state index is 0.0777. The highest BCUT2D eigenvalue weighted by Crippen LogP contribution is 2.71. The van der Waals surface area contributed by atoms with E-state index in [1.807, 2.05) is 0 Å². The molecule has 0 aromatic rings. The lowest BCUT2D eigenvalue weighted by Gasteiger charge is -2.63. The van der Waals surface area contributed by atoms with Crippen molar-refractivity contribution in [3.8, 4) is 0 Å². The van der Waals surface area contributed by atoms with Gasteiger partial charge in [-0.1, -0.05) is 53.9 Å². The van der Waals surface area contributed by atoms with Gasteiger partial charge < -0.3 is 5.11 Å². The van der Waals surface area contributed by atoms with Crippen LogP contribution in [0.5, 0.6) is 0 Å². The zero-order valence-electron chi connectivity index (χ0n) is 21.6. The molecule has 5 aliphatic rings. The Balaban J connectivity index is 1.33. The minimum atomic E-state index is -0.0777. The highest BCUT2D eigenvalue weighted by atomic mass is 32.2. The summed E-state index contributed by atoms with van der Waals surface area (Å²) in [6, 6.07) is 0. The van der Waals surface area contributed by atoms with Gasteiger partial charge in [-0.05, 0) is 104 Å². The first-order chi connectivity index (χ1) is 15.2. The molecule has 0 aromatic heterocycles. The Morgan fingerprint density at radius 3 is 2.31 bits per heavy atom. The summed E-state index contributed by atoms with van der Waals surface area (Å²) in [5.41, 5.74) is 1.07. The van der Waals surface area contributed by atoms with Gasteiger partial charge in [-0.15, -0.1) is 23.5 Å². The monoisotopic (exact) mass is 478 g/mol. The van der Waals surface area contributed by atoms with Crippen molar-refractivity contribution in [3.63, 3.8) is 0 Å². The van der Waals surface area contributed by atoms with Gasteiger partial charge in [0, 0.05) is 11.5 Å². The summed E-state index contributed by atoms with van der Waals surface area (Å²) >= 11 is 4.23. The summed E-state index contributed by atoms with van der Waals surface area (Å²) in [4.78, 5) is 0. The summed E-state index contributed by atoms with van der Waals surface area (Å²) < 4.78 is 0.122. The predicted octanol–water partition coefficient (Wildman–Crippen LogP) is 8.25. The van der Waals surface area contributed by atoms with Gasteiger partial charge in [0.25, 0.3) is 0 Å². The van der Waals surface area contributed by atoms with Crippen molar-refractivity contribution >= 4 is 23.5 Å². The Kier molecular flexibility index (Phi) is 6.81. The molecule has 1 heterocycles. The van der Waals surface area contributed by atoms with E-state index >= 15 is 0 Å². The van der Waals surface area contributed by atoms with Crippen LogP contribution in [0.3, 0.4) is 0 Å². The molecule has 0 bridgehead atoms. The lowest BCUT2D eigenvalue weighted by molar-refractivity contribution is -0.130. The summed E-state index contributed by atoms with van der Waals surface area (Å²) in [7, 11) is 0. The fourth-order valence-electron chi connectivity index (χ4n) is 10.1. The van der Waals surface area contributed by atoms with Crippen molar-refractivity contribution in [1.82, 2.24) is 0 Å². The van der Waals surface area contributed by atoms with Crippen LogP contribution < -0.4 is 0 Å². The molecule has 1 spiro atoms. The fraction of sp³-hybridized carbons (Fsp3) is 1.00. The molecule has 0 amide bonds. The highest BCUT2D eigenvalue weighted by Gasteiger charge is 2.64. The van der Waals surface area contributed by atoms with E-state index < -0.39 is 0 Å². The molecule has 0 radical (unpaired) electrons. The first kappa shape index (κ1) is 24.4. The third-order valence-corrected chi connectivity index (χ3v) is 15.3. The fourth-order valence-corrected chi connectivity index (χ4v) is 13.7. The molecule has 0 aromatic carbocycles. The summed E-state index contributed by atoms with van der Waals surface area (Å²) in [5, 5.41) is 11.2. The Morgan fingerprint density at radius 2 is 1.59 bits per heavy atom. The van der Waals surface area contributed by atoms with Crippen molar-refractivity contribution in [2.24, 2.45) is 52.3 Å². The molecule has 32 heavy (non-hydrogen) atoms. The summed E-state index contributed by atoms with van der Waals surface area (Å²) in [5.74, 6) is 8.84. The Morgan fingerprint density at radius 1 is 0.875 bits per heavy atom. The van der Waals surface area contributed by atoms with Crippen LogP contribution in [0, 0.1) is 52.3 Å². The SMILES string of the molecule is CC(C)CCCC(C)C1CCC2C3CCC4CC(O)C5(CC4(C)C3CCC12C)SCCS5. The zero-order valence-corrected chi connectivity index (χ0v) is 23.2. The molecule has 1 aliphatic heterocycles. The van der Waals surface area contributed by atoms with Crippen LogP contribution >= 0.6 is 23.5 Å². The van der Waals surface area contributed by atoms with Gasteiger partial charge in [0.2, 0.25) is 0 Å². The number of fused-ring (bicyclic) bond motifs is 5. The van der Waals surface area contributed by atoms with Crippen LogP contribution in [-0.2, 0) is 0 Å². The maximum atomic E-state index is 11.2. The first-order valence-electron chi connectivity index (χ1n) is 14.2. The second-order valence-electron chi connectivity index (χ2n) is 13.6. The number of thioether (sulfide) groups is 2. The molecule has 5 fully saturated rings. The highest BCUT2D eigenvalue weighted by molar-refractivity contribution is 8.21. The number of aliphatic hydroxyl groups excluding tert-OH is 1. The van der Waals surface area contributed by atoms with Crippen LogP contribution in [0.1, 0.15) is 105 Å². The standard InChI is InChI=1S/C29H50OS2/c1-19(2)7-6-8-20(3)23-11-12-24-22-10-9-21-17-26(30)29(31-15-16-32-29)18-28(21,5)25(22)13-14-27(23,24)4/h19-26,30H,6-18H2,1-5H3. The molecule has 5 rings (SSSR count). The van der Waals surface area contributed by atoms with Crippen LogP contribution in [0.25, 0.3) is 0 Å². The maximum Gasteiger partial charge on any atom is 0.0874 e. The van der Waals surface area contributed by atoms with Crippen molar-refractivity contribution in [1.29, 1.82) is 0 Å². The molecule has 3 heteroatoms. The van der Waals surface area contributed by atoms with E-state index in [2.05, 4.69) is 58.1 Å². The molecular weight excluding hydrogens is 428 g/mol. The third-order valence-electron chi connectivity index (χ3n) is 11.7. The normalized spacial score (nSPS) is 48.5. The summed E-state index contributed by atoms with van der Waals surface area (Å²) in [6.07, 6.45) is 15.4. The second-order valence-corrected chi connectivity index (χ2v) is 16.7. The van der Waals surface area contributed by atoms with Gasteiger partial charge in [0.05, 0.1) is 10.2 Å². The van der Waals surface area contributed by atoms with Gasteiger partial charge in [-0.3, -0.25) is 0 Å². The van der Waals surface area contributed by atoms with E-state index in [0.29, 0.717) is 10.8 Å². The van der Waals surface area contributed by atoms with Crippen molar-refractivity contribution in [3.05, 3.63) is 0 Å². The molecular formula is C29H50OS2. The van der Waals surface area contributed by atoms with E-state index in [1.54, 1.807) is 0 Å². The van der Waals surface area contributed by atoms with Gasteiger partial charge in [-0.25, -0.2) is 0 Å². The third kappa shape index (κ3) is 3.85. The van der Waals surface area contributed by atoms with E-state index in [-0.39, 0.29) is 10.2 Å². The molecule has 1 saturated heterocycles. The lowest BCUT2D eigenvalue weighted by Crippen LogP contribution is -2.58. The molecule has 4 aliphatic carbocycles. The zero-order chi connectivity index (χ0) is 22.7. The van der Waals surface area contributed by atoms with Gasteiger partial charge in [0.15, 0.2) is 0 Å². The quantitative estimate of drug-likeness (QED) is 0.429. The molecule has 184 valence electrons. The lowest BCUT2D eigenvalue weighted by atomic mass is 9.44. The second kappa shape index (κ2) is 8.95. The molecule has 1 nitrogen and oxygen atoms in total. The van der Waals surface area contributed by atoms with E-state index in [9.17, 15) is 5.11 Å². The largest absolute Gasteiger partial charge is 0.391 e. The van der Waals surface area contributed by atoms with Crippen LogP contribution in [-0.4, -0.2) is 26.8 Å². The van der Waals surface area contributed by atoms with Crippen molar-refractivity contribution in [2.75, 3.05) is 11.5 Å². The van der Waals surface area contributed by atoms with Crippen LogP contribution in [0.2, 0.25) is 0 Å². The van der Waals surface area contributed by atoms with E-state index in [0.717, 1.165) is 47.8 Å². The molecule has 1 N–H and O–H groups in total. The van der Waals surface area contributed by atoms with Crippen LogP contribution in [0.4, 0.5) is 0 Å². The van der Waals surface area contributed by atoms with Crippen LogP contribution in [0.15, 0.2) is 0 Å². The number of rotatable bonds is 5. The van der Waals surface area contributed by atoms with E-state index in [4.69, 9.17) is 0 Å². The molecule has 9 unspecified atom stereocenters. The van der Waals surface area contributed by atoms with Gasteiger partial charge >= 0.3 is 0 Å². The first-order valence-corrected chi connectivity index (χ1v) is 16.1. The smallest absolute Gasteiger partial charge is 0.0874 e. The average Bonchev–Trinajstić information content (AvgIpc) is 3.33. The molecule has 9 atom stereocenters. The molecule has 4 saturated carbocycles. The van der Waals surface area contributed by atoms with Crippen molar-refractivity contribution in [2.45, 2.75) is 115 Å². The number of hydrogen-bond acceptors (Lipinski definition) is 3. The minimum Gasteiger partial charge on any atom is -0.391 e. The van der Waals surface area contributed by atoms with E-state index in [1.165, 1.54) is 75.7 Å². The number of hydrogen-bond donors (Lipinski definition) is 1. The topological polar surface area (TPSA) is 20.2 Å². The van der Waals surface area contributed by atoms with Gasteiger partial charge in [-0.2, -0.15) is 0 Å². The van der Waals surface area contributed by atoms with Crippen molar-refractivity contribution < 1.29 is 5.11 Å². The van der Waals surface area contributed by atoms with Gasteiger partial charge in [0.1, 0.15) is 0 Å². The Bertz CT molecular complexity index is 672. The predicted molar refractivity (Wildman–Crippen MR) is 142 cm³/mol. The summed E-state index contributed by atoms with van der Waals surface area (Å²) in [6.45, 7) is 12.8. The maximum absolute atomic E-state index is 11.2. The number of aliphatic hydroxyl groups is 1. The Labute approximate surface area is 207 Å². The average molecular weight is 479 g/mol.